The van der Waals surface area contributed by atoms with Crippen LogP contribution in [0, 0.1) is 28.9 Å². The summed E-state index contributed by atoms with van der Waals surface area (Å²) in [6.07, 6.45) is 0.0429. The van der Waals surface area contributed by atoms with Crippen molar-refractivity contribution in [3.05, 3.63) is 35.4 Å². The van der Waals surface area contributed by atoms with Crippen molar-refractivity contribution in [3.63, 3.8) is 0 Å². The van der Waals surface area contributed by atoms with Gasteiger partial charge in [0.25, 0.3) is 5.91 Å². The van der Waals surface area contributed by atoms with Gasteiger partial charge in [0.1, 0.15) is 6.04 Å². The lowest BCUT2D eigenvalue weighted by atomic mass is 10.0. The van der Waals surface area contributed by atoms with E-state index in [1.54, 1.807) is 6.92 Å². The lowest BCUT2D eigenvalue weighted by Gasteiger charge is -2.16. The van der Waals surface area contributed by atoms with Crippen LogP contribution in [0.4, 0.5) is 8.78 Å². The number of nitrogens with one attached hydrogen (secondary N) is 1. The quantitative estimate of drug-likeness (QED) is 0.845. The monoisotopic (exact) mass is 281 g/mol. The second kappa shape index (κ2) is 6.61. The number of nitrogens with two attached hydrogens (primary N) is 1. The van der Waals surface area contributed by atoms with Crippen molar-refractivity contribution in [2.45, 2.75) is 19.4 Å². The van der Waals surface area contributed by atoms with Gasteiger partial charge in [-0.15, -0.1) is 0 Å². The molecule has 0 aliphatic carbocycles. The predicted molar refractivity (Wildman–Crippen MR) is 66.2 cm³/mol. The summed E-state index contributed by atoms with van der Waals surface area (Å²) in [6, 6.07) is 3.47. The molecule has 0 bridgehead atoms. The van der Waals surface area contributed by atoms with E-state index in [1.165, 1.54) is 0 Å². The van der Waals surface area contributed by atoms with Gasteiger partial charge in [-0.3, -0.25) is 9.59 Å². The molecule has 2 amide bonds. The minimum Gasteiger partial charge on any atom is -0.368 e. The minimum absolute atomic E-state index is 0.0429. The molecule has 1 rings (SSSR count). The van der Waals surface area contributed by atoms with Crippen LogP contribution >= 0.6 is 0 Å². The van der Waals surface area contributed by atoms with Crippen molar-refractivity contribution >= 4 is 11.8 Å². The molecule has 0 radical (unpaired) electrons. The van der Waals surface area contributed by atoms with Gasteiger partial charge in [0, 0.05) is 11.5 Å². The van der Waals surface area contributed by atoms with E-state index >= 15 is 0 Å². The van der Waals surface area contributed by atoms with Crippen LogP contribution in [0.3, 0.4) is 0 Å². The first-order chi connectivity index (χ1) is 9.35. The van der Waals surface area contributed by atoms with Crippen molar-refractivity contribution < 1.29 is 18.4 Å². The number of carbonyl (C=O) groups is 2. The van der Waals surface area contributed by atoms with E-state index in [0.29, 0.717) is 0 Å². The zero-order valence-electron chi connectivity index (χ0n) is 10.7. The molecule has 0 aromatic heterocycles. The Hall–Kier alpha value is -2.49. The van der Waals surface area contributed by atoms with Gasteiger partial charge in [-0.1, -0.05) is 0 Å². The Labute approximate surface area is 114 Å². The molecule has 20 heavy (non-hydrogen) atoms. The molecule has 0 unspecified atom stereocenters. The number of halogens is 2. The minimum atomic E-state index is -1.17. The number of hydrogen-bond acceptors (Lipinski definition) is 3. The molecule has 0 saturated heterocycles. The Kier molecular flexibility index (Phi) is 5.15. The highest BCUT2D eigenvalue weighted by Crippen LogP contribution is 2.10. The summed E-state index contributed by atoms with van der Waals surface area (Å²) < 4.78 is 25.8. The molecule has 7 heteroatoms. The number of benzene rings is 1. The van der Waals surface area contributed by atoms with Gasteiger partial charge in [0.2, 0.25) is 5.91 Å². The highest BCUT2D eigenvalue weighted by atomic mass is 19.2. The summed E-state index contributed by atoms with van der Waals surface area (Å²) in [4.78, 5) is 23.0. The summed E-state index contributed by atoms with van der Waals surface area (Å²) in [5, 5.41) is 11.0. The van der Waals surface area contributed by atoms with Gasteiger partial charge >= 0.3 is 0 Å². The van der Waals surface area contributed by atoms with Gasteiger partial charge in [-0.2, -0.15) is 5.26 Å². The molecular weight excluding hydrogens is 268 g/mol. The highest BCUT2D eigenvalue weighted by molar-refractivity contribution is 5.97. The molecule has 0 spiro atoms. The van der Waals surface area contributed by atoms with Crippen LogP contribution in [-0.2, 0) is 4.79 Å². The highest BCUT2D eigenvalue weighted by Gasteiger charge is 2.21. The number of carbonyl (C=O) groups excluding carboxylic acids is 2. The topological polar surface area (TPSA) is 96.0 Å². The summed E-state index contributed by atoms with van der Waals surface area (Å²) in [5.74, 6) is -4.30. The van der Waals surface area contributed by atoms with Crippen molar-refractivity contribution in [1.29, 1.82) is 5.26 Å². The molecule has 0 saturated carbocycles. The van der Waals surface area contributed by atoms with Gasteiger partial charge in [0.15, 0.2) is 11.6 Å². The van der Waals surface area contributed by atoms with Crippen LogP contribution in [0.15, 0.2) is 18.2 Å². The molecule has 3 N–H and O–H groups in total. The summed E-state index contributed by atoms with van der Waals surface area (Å²) in [5.41, 5.74) is 4.98. The summed E-state index contributed by atoms with van der Waals surface area (Å²) in [7, 11) is 0. The number of nitrogens with zero attached hydrogens (tertiary/aromatic N) is 1. The van der Waals surface area contributed by atoms with E-state index in [0.717, 1.165) is 18.2 Å². The van der Waals surface area contributed by atoms with E-state index in [4.69, 9.17) is 11.0 Å². The van der Waals surface area contributed by atoms with E-state index in [-0.39, 0.29) is 12.0 Å². The van der Waals surface area contributed by atoms with Crippen LogP contribution in [0.5, 0.6) is 0 Å². The largest absolute Gasteiger partial charge is 0.368 e. The van der Waals surface area contributed by atoms with Crippen molar-refractivity contribution in [2.75, 3.05) is 0 Å². The zero-order chi connectivity index (χ0) is 15.3. The Morgan fingerprint density at radius 1 is 1.40 bits per heavy atom. The summed E-state index contributed by atoms with van der Waals surface area (Å²) >= 11 is 0. The molecule has 5 nitrogen and oxygen atoms in total. The molecule has 2 atom stereocenters. The standard InChI is InChI=1S/C13H13F2N3O2/c1-7(6-16)4-11(12(17)19)18-13(20)8-2-3-9(14)10(15)5-8/h2-3,5,7,11H,4H2,1H3,(H2,17,19)(H,18,20)/t7-,11+/m1/s1. The first kappa shape index (κ1) is 15.6. The molecule has 1 aromatic carbocycles. The third-order valence-corrected chi connectivity index (χ3v) is 2.64. The Bertz CT molecular complexity index is 569. The average Bonchev–Trinajstić information content (AvgIpc) is 2.40. The lowest BCUT2D eigenvalue weighted by molar-refractivity contribution is -0.120. The lowest BCUT2D eigenvalue weighted by Crippen LogP contribution is -2.45. The second-order valence-electron chi connectivity index (χ2n) is 4.32. The maximum absolute atomic E-state index is 13.0. The molecule has 0 heterocycles. The maximum atomic E-state index is 13.0. The average molecular weight is 281 g/mol. The number of rotatable bonds is 5. The number of nitriles is 1. The first-order valence-corrected chi connectivity index (χ1v) is 5.80. The van der Waals surface area contributed by atoms with Crippen LogP contribution in [-0.4, -0.2) is 17.9 Å². The third-order valence-electron chi connectivity index (χ3n) is 2.64. The Morgan fingerprint density at radius 2 is 2.05 bits per heavy atom. The van der Waals surface area contributed by atoms with E-state index in [2.05, 4.69) is 5.32 Å². The molecule has 1 aromatic rings. The number of amides is 2. The normalized spacial score (nSPS) is 13.1. The van der Waals surface area contributed by atoms with Crippen LogP contribution < -0.4 is 11.1 Å². The van der Waals surface area contributed by atoms with Crippen LogP contribution in [0.25, 0.3) is 0 Å². The fourth-order valence-corrected chi connectivity index (χ4v) is 1.53. The van der Waals surface area contributed by atoms with Crippen LogP contribution in [0.2, 0.25) is 0 Å². The summed E-state index contributed by atoms with van der Waals surface area (Å²) in [6.45, 7) is 1.57. The predicted octanol–water partition coefficient (Wildman–Crippen LogP) is 1.10. The molecule has 0 aliphatic rings. The van der Waals surface area contributed by atoms with E-state index < -0.39 is 35.4 Å². The van der Waals surface area contributed by atoms with E-state index in [1.807, 2.05) is 6.07 Å². The van der Waals surface area contributed by atoms with Gasteiger partial charge in [-0.05, 0) is 31.5 Å². The second-order valence-corrected chi connectivity index (χ2v) is 4.32. The molecular formula is C13H13F2N3O2. The van der Waals surface area contributed by atoms with Gasteiger partial charge < -0.3 is 11.1 Å². The van der Waals surface area contributed by atoms with Gasteiger partial charge in [0.05, 0.1) is 6.07 Å². The Morgan fingerprint density at radius 3 is 2.55 bits per heavy atom. The van der Waals surface area contributed by atoms with Crippen molar-refractivity contribution in [1.82, 2.24) is 5.32 Å². The fourth-order valence-electron chi connectivity index (χ4n) is 1.53. The molecule has 106 valence electrons. The molecule has 0 fully saturated rings. The van der Waals surface area contributed by atoms with Gasteiger partial charge in [-0.25, -0.2) is 8.78 Å². The van der Waals surface area contributed by atoms with Crippen molar-refractivity contribution in [3.8, 4) is 6.07 Å². The number of hydrogen-bond donors (Lipinski definition) is 2. The number of primary amides is 1. The van der Waals surface area contributed by atoms with Crippen molar-refractivity contribution in [2.24, 2.45) is 11.7 Å². The smallest absolute Gasteiger partial charge is 0.252 e. The third kappa shape index (κ3) is 4.02. The zero-order valence-corrected chi connectivity index (χ0v) is 10.7. The van der Waals surface area contributed by atoms with Crippen LogP contribution in [0.1, 0.15) is 23.7 Å². The van der Waals surface area contributed by atoms with E-state index in [9.17, 15) is 18.4 Å². The fraction of sp³-hybridized carbons (Fsp3) is 0.308. The SMILES string of the molecule is C[C@@H](C#N)C[C@H](NC(=O)c1ccc(F)c(F)c1)C(N)=O. The Balaban J connectivity index is 2.83. The molecule has 0 aliphatic heterocycles. The first-order valence-electron chi connectivity index (χ1n) is 5.80. The maximum Gasteiger partial charge on any atom is 0.252 e.